The molecule has 19 heavy (non-hydrogen) atoms. The molecule has 1 aromatic heterocycles. The number of carbonyl (C=O) groups excluding carboxylic acids is 1. The van der Waals surface area contributed by atoms with Crippen LogP contribution in [-0.2, 0) is 6.42 Å². The topological polar surface area (TPSA) is 73.9 Å². The first-order valence-electron chi connectivity index (χ1n) is 7.08. The Labute approximate surface area is 114 Å². The molecule has 6 heteroatoms. The highest BCUT2D eigenvalue weighted by Crippen LogP contribution is 2.13. The summed E-state index contributed by atoms with van der Waals surface area (Å²) in [5, 5.41) is 10.2. The van der Waals surface area contributed by atoms with E-state index in [-0.39, 0.29) is 5.91 Å². The first kappa shape index (κ1) is 14.0. The summed E-state index contributed by atoms with van der Waals surface area (Å²) in [6.45, 7) is 4.97. The van der Waals surface area contributed by atoms with Gasteiger partial charge in [0, 0.05) is 20.0 Å². The Balaban J connectivity index is 1.89. The number of aromatic amines is 1. The summed E-state index contributed by atoms with van der Waals surface area (Å²) in [6.07, 6.45) is 4.09. The Bertz CT molecular complexity index is 411. The normalized spacial score (nSPS) is 16.5. The largest absolute Gasteiger partial charge is 0.339 e. The fourth-order valence-corrected chi connectivity index (χ4v) is 2.44. The van der Waals surface area contributed by atoms with Gasteiger partial charge in [0.05, 0.1) is 0 Å². The second kappa shape index (κ2) is 6.65. The van der Waals surface area contributed by atoms with Crippen LogP contribution in [0.4, 0.5) is 0 Å². The Kier molecular flexibility index (Phi) is 4.90. The molecular weight excluding hydrogens is 242 g/mol. The third kappa shape index (κ3) is 3.76. The zero-order chi connectivity index (χ0) is 13.7. The van der Waals surface area contributed by atoms with Gasteiger partial charge < -0.3 is 10.2 Å². The number of piperidine rings is 1. The van der Waals surface area contributed by atoms with Gasteiger partial charge in [0.15, 0.2) is 0 Å². The minimum Gasteiger partial charge on any atom is -0.339 e. The number of rotatable bonds is 5. The third-order valence-corrected chi connectivity index (χ3v) is 3.55. The summed E-state index contributed by atoms with van der Waals surface area (Å²) in [5.74, 6) is 1.59. The van der Waals surface area contributed by atoms with Gasteiger partial charge in [0.1, 0.15) is 5.82 Å². The van der Waals surface area contributed by atoms with Crippen molar-refractivity contribution in [1.82, 2.24) is 25.4 Å². The number of nitrogens with one attached hydrogen (secondary N) is 2. The predicted octanol–water partition coefficient (Wildman–Crippen LogP) is 0.829. The number of amides is 1. The summed E-state index contributed by atoms with van der Waals surface area (Å²) in [4.78, 5) is 18.2. The van der Waals surface area contributed by atoms with Gasteiger partial charge in [-0.3, -0.25) is 9.89 Å². The SMILES string of the molecule is CCCc1nc(C(=O)N(C)CC2CCNCC2)n[nH]1. The number of hydrogen-bond acceptors (Lipinski definition) is 4. The van der Waals surface area contributed by atoms with Gasteiger partial charge in [-0.2, -0.15) is 0 Å². The van der Waals surface area contributed by atoms with E-state index >= 15 is 0 Å². The molecule has 2 N–H and O–H groups in total. The molecule has 2 rings (SSSR count). The number of aryl methyl sites for hydroxylation is 1. The third-order valence-electron chi connectivity index (χ3n) is 3.55. The van der Waals surface area contributed by atoms with Crippen molar-refractivity contribution in [2.24, 2.45) is 5.92 Å². The van der Waals surface area contributed by atoms with E-state index < -0.39 is 0 Å². The van der Waals surface area contributed by atoms with Crippen molar-refractivity contribution >= 4 is 5.91 Å². The lowest BCUT2D eigenvalue weighted by atomic mass is 9.98. The minimum absolute atomic E-state index is 0.0860. The van der Waals surface area contributed by atoms with Gasteiger partial charge in [-0.1, -0.05) is 6.92 Å². The molecule has 0 bridgehead atoms. The standard InChI is InChI=1S/C13H23N5O/c1-3-4-11-15-12(17-16-11)13(19)18(2)9-10-5-7-14-8-6-10/h10,14H,3-9H2,1-2H3,(H,15,16,17). The van der Waals surface area contributed by atoms with Crippen LogP contribution in [0.1, 0.15) is 42.6 Å². The second-order valence-corrected chi connectivity index (χ2v) is 5.23. The molecule has 0 aliphatic carbocycles. The van der Waals surface area contributed by atoms with Gasteiger partial charge in [-0.15, -0.1) is 5.10 Å². The highest BCUT2D eigenvalue weighted by Gasteiger charge is 2.21. The van der Waals surface area contributed by atoms with E-state index in [1.165, 1.54) is 0 Å². The van der Waals surface area contributed by atoms with Crippen molar-refractivity contribution < 1.29 is 4.79 Å². The van der Waals surface area contributed by atoms with Crippen LogP contribution in [0, 0.1) is 5.92 Å². The molecule has 106 valence electrons. The highest BCUT2D eigenvalue weighted by atomic mass is 16.2. The summed E-state index contributed by atoms with van der Waals surface area (Å²) >= 11 is 0. The van der Waals surface area contributed by atoms with Gasteiger partial charge in [-0.05, 0) is 38.3 Å². The van der Waals surface area contributed by atoms with E-state index in [0.29, 0.717) is 11.7 Å². The molecule has 0 atom stereocenters. The molecule has 0 spiro atoms. The number of H-pyrrole nitrogens is 1. The van der Waals surface area contributed by atoms with E-state index in [9.17, 15) is 4.79 Å². The average molecular weight is 265 g/mol. The number of carbonyl (C=O) groups is 1. The maximum atomic E-state index is 12.2. The lowest BCUT2D eigenvalue weighted by Crippen LogP contribution is -2.37. The van der Waals surface area contributed by atoms with Crippen molar-refractivity contribution in [3.05, 3.63) is 11.6 Å². The lowest BCUT2D eigenvalue weighted by molar-refractivity contribution is 0.0751. The molecule has 0 radical (unpaired) electrons. The summed E-state index contributed by atoms with van der Waals surface area (Å²) in [5.41, 5.74) is 0. The van der Waals surface area contributed by atoms with E-state index in [0.717, 1.165) is 51.1 Å². The summed E-state index contributed by atoms with van der Waals surface area (Å²) < 4.78 is 0. The first-order valence-corrected chi connectivity index (χ1v) is 7.08. The van der Waals surface area contributed by atoms with Crippen molar-refractivity contribution in [2.45, 2.75) is 32.6 Å². The smallest absolute Gasteiger partial charge is 0.293 e. The van der Waals surface area contributed by atoms with Crippen molar-refractivity contribution in [3.8, 4) is 0 Å². The Morgan fingerprint density at radius 3 is 2.84 bits per heavy atom. The van der Waals surface area contributed by atoms with Crippen LogP contribution in [0.15, 0.2) is 0 Å². The zero-order valence-electron chi connectivity index (χ0n) is 11.8. The zero-order valence-corrected chi connectivity index (χ0v) is 11.8. The molecule has 0 saturated carbocycles. The Hall–Kier alpha value is -1.43. The van der Waals surface area contributed by atoms with Gasteiger partial charge in [0.25, 0.3) is 5.91 Å². The average Bonchev–Trinajstić information content (AvgIpc) is 2.88. The molecule has 1 aliphatic heterocycles. The van der Waals surface area contributed by atoms with Gasteiger partial charge in [0.2, 0.25) is 5.82 Å². The van der Waals surface area contributed by atoms with Crippen molar-refractivity contribution in [3.63, 3.8) is 0 Å². The molecule has 1 saturated heterocycles. The van der Waals surface area contributed by atoms with Crippen LogP contribution in [-0.4, -0.2) is 52.7 Å². The Morgan fingerprint density at radius 1 is 1.42 bits per heavy atom. The van der Waals surface area contributed by atoms with Crippen LogP contribution in [0.2, 0.25) is 0 Å². The number of aromatic nitrogens is 3. The summed E-state index contributed by atoms with van der Waals surface area (Å²) in [7, 11) is 1.83. The molecule has 1 amide bonds. The van der Waals surface area contributed by atoms with Crippen LogP contribution >= 0.6 is 0 Å². The molecule has 1 aliphatic rings. The first-order chi connectivity index (χ1) is 9.20. The van der Waals surface area contributed by atoms with Crippen LogP contribution in [0.25, 0.3) is 0 Å². The molecular formula is C13H23N5O. The fourth-order valence-electron chi connectivity index (χ4n) is 2.44. The highest BCUT2D eigenvalue weighted by molar-refractivity contribution is 5.90. The van der Waals surface area contributed by atoms with Crippen molar-refractivity contribution in [2.75, 3.05) is 26.7 Å². The van der Waals surface area contributed by atoms with E-state index in [1.807, 2.05) is 7.05 Å². The van der Waals surface area contributed by atoms with Crippen LogP contribution < -0.4 is 5.32 Å². The molecule has 1 aromatic rings. The van der Waals surface area contributed by atoms with E-state index in [2.05, 4.69) is 27.4 Å². The maximum absolute atomic E-state index is 12.2. The second-order valence-electron chi connectivity index (χ2n) is 5.23. The summed E-state index contributed by atoms with van der Waals surface area (Å²) in [6, 6.07) is 0. The van der Waals surface area contributed by atoms with Gasteiger partial charge >= 0.3 is 0 Å². The van der Waals surface area contributed by atoms with E-state index in [1.54, 1.807) is 4.90 Å². The van der Waals surface area contributed by atoms with Crippen molar-refractivity contribution in [1.29, 1.82) is 0 Å². The van der Waals surface area contributed by atoms with Gasteiger partial charge in [-0.25, -0.2) is 4.98 Å². The maximum Gasteiger partial charge on any atom is 0.293 e. The molecule has 2 heterocycles. The van der Waals surface area contributed by atoms with Crippen LogP contribution in [0.5, 0.6) is 0 Å². The van der Waals surface area contributed by atoms with Crippen LogP contribution in [0.3, 0.4) is 0 Å². The molecule has 0 unspecified atom stereocenters. The molecule has 6 nitrogen and oxygen atoms in total. The minimum atomic E-state index is -0.0860. The number of hydrogen-bond donors (Lipinski definition) is 2. The Morgan fingerprint density at radius 2 is 2.16 bits per heavy atom. The monoisotopic (exact) mass is 265 g/mol. The van der Waals surface area contributed by atoms with E-state index in [4.69, 9.17) is 0 Å². The number of nitrogens with zero attached hydrogens (tertiary/aromatic N) is 3. The predicted molar refractivity (Wildman–Crippen MR) is 72.9 cm³/mol. The lowest BCUT2D eigenvalue weighted by Gasteiger charge is -2.26. The molecule has 1 fully saturated rings. The molecule has 0 aromatic carbocycles. The fraction of sp³-hybridized carbons (Fsp3) is 0.769. The quantitative estimate of drug-likeness (QED) is 0.827.